The maximum atomic E-state index is 13.5. The predicted octanol–water partition coefficient (Wildman–Crippen LogP) is 1.35. The van der Waals surface area contributed by atoms with Crippen LogP contribution in [0.3, 0.4) is 0 Å². The average molecular weight is 418 g/mol. The van der Waals surface area contributed by atoms with E-state index in [1.165, 1.54) is 12.1 Å². The van der Waals surface area contributed by atoms with Crippen LogP contribution in [0.15, 0.2) is 24.4 Å². The van der Waals surface area contributed by atoms with Gasteiger partial charge < -0.3 is 20.1 Å². The monoisotopic (exact) mass is 418 g/mol. The maximum Gasteiger partial charge on any atom is 0.325 e. The Bertz CT molecular complexity index is 904. The molecule has 30 heavy (non-hydrogen) atoms. The SMILES string of the molecule is O=C(CN1CCN([C@H](C(=O)O)c2c[nH]c3cc(F)ccc23)CC1)NC[C@H]1CCCO1. The first-order valence-electron chi connectivity index (χ1n) is 10.4. The molecule has 2 saturated heterocycles. The van der Waals surface area contributed by atoms with E-state index >= 15 is 0 Å². The van der Waals surface area contributed by atoms with Gasteiger partial charge in [0.05, 0.1) is 12.6 Å². The third-order valence-corrected chi connectivity index (χ3v) is 5.89. The molecule has 1 aromatic heterocycles. The Morgan fingerprint density at radius 2 is 2.10 bits per heavy atom. The van der Waals surface area contributed by atoms with E-state index in [-0.39, 0.29) is 17.8 Å². The number of hydrogen-bond donors (Lipinski definition) is 3. The molecule has 0 spiro atoms. The zero-order valence-corrected chi connectivity index (χ0v) is 16.8. The summed E-state index contributed by atoms with van der Waals surface area (Å²) in [4.78, 5) is 31.2. The van der Waals surface area contributed by atoms with Crippen molar-refractivity contribution < 1.29 is 23.8 Å². The summed E-state index contributed by atoms with van der Waals surface area (Å²) in [5.41, 5.74) is 1.21. The van der Waals surface area contributed by atoms with E-state index in [2.05, 4.69) is 10.3 Å². The number of hydrogen-bond acceptors (Lipinski definition) is 5. The Morgan fingerprint density at radius 3 is 2.80 bits per heavy atom. The molecule has 1 amide bonds. The van der Waals surface area contributed by atoms with E-state index < -0.39 is 12.0 Å². The minimum atomic E-state index is -0.942. The summed E-state index contributed by atoms with van der Waals surface area (Å²) in [6.07, 6.45) is 3.79. The van der Waals surface area contributed by atoms with Crippen molar-refractivity contribution in [2.75, 3.05) is 45.9 Å². The molecule has 9 heteroatoms. The number of aromatic amines is 1. The van der Waals surface area contributed by atoms with Crippen LogP contribution in [0.4, 0.5) is 4.39 Å². The molecule has 8 nitrogen and oxygen atoms in total. The van der Waals surface area contributed by atoms with Crippen molar-refractivity contribution in [1.29, 1.82) is 0 Å². The number of benzene rings is 1. The Morgan fingerprint density at radius 1 is 1.30 bits per heavy atom. The molecule has 0 saturated carbocycles. The minimum absolute atomic E-state index is 0.0348. The smallest absolute Gasteiger partial charge is 0.325 e. The summed E-state index contributed by atoms with van der Waals surface area (Å²) in [7, 11) is 0. The highest BCUT2D eigenvalue weighted by molar-refractivity contribution is 5.89. The summed E-state index contributed by atoms with van der Waals surface area (Å²) in [6, 6.07) is 3.50. The number of ether oxygens (including phenoxy) is 1. The van der Waals surface area contributed by atoms with Crippen LogP contribution in [-0.4, -0.2) is 83.7 Å². The average Bonchev–Trinajstić information content (AvgIpc) is 3.38. The van der Waals surface area contributed by atoms with Crippen molar-refractivity contribution in [2.45, 2.75) is 25.0 Å². The van der Waals surface area contributed by atoms with Crippen LogP contribution in [0.25, 0.3) is 10.9 Å². The largest absolute Gasteiger partial charge is 0.480 e. The second-order valence-electron chi connectivity index (χ2n) is 7.93. The first-order chi connectivity index (χ1) is 14.5. The topological polar surface area (TPSA) is 97.9 Å². The first-order valence-corrected chi connectivity index (χ1v) is 10.4. The number of fused-ring (bicyclic) bond motifs is 1. The molecule has 2 aliphatic heterocycles. The summed E-state index contributed by atoms with van der Waals surface area (Å²) >= 11 is 0. The number of aromatic nitrogens is 1. The fourth-order valence-electron chi connectivity index (χ4n) is 4.30. The molecule has 0 bridgehead atoms. The van der Waals surface area contributed by atoms with Crippen LogP contribution >= 0.6 is 0 Å². The van der Waals surface area contributed by atoms with E-state index in [9.17, 15) is 19.1 Å². The van der Waals surface area contributed by atoms with E-state index in [1.807, 2.05) is 9.80 Å². The van der Waals surface area contributed by atoms with Gasteiger partial charge in [-0.3, -0.25) is 19.4 Å². The zero-order valence-electron chi connectivity index (χ0n) is 16.8. The second-order valence-corrected chi connectivity index (χ2v) is 7.93. The highest BCUT2D eigenvalue weighted by Crippen LogP contribution is 2.30. The fraction of sp³-hybridized carbons (Fsp3) is 0.524. The van der Waals surface area contributed by atoms with Crippen molar-refractivity contribution >= 4 is 22.8 Å². The van der Waals surface area contributed by atoms with E-state index in [1.54, 1.807) is 12.3 Å². The van der Waals surface area contributed by atoms with Crippen molar-refractivity contribution in [3.8, 4) is 0 Å². The number of nitrogens with zero attached hydrogens (tertiary/aromatic N) is 2. The van der Waals surface area contributed by atoms with E-state index in [4.69, 9.17) is 4.74 Å². The van der Waals surface area contributed by atoms with Gasteiger partial charge in [0, 0.05) is 62.0 Å². The molecular formula is C21H27FN4O4. The number of nitrogens with one attached hydrogen (secondary N) is 2. The van der Waals surface area contributed by atoms with Crippen LogP contribution in [0, 0.1) is 5.82 Å². The lowest BCUT2D eigenvalue weighted by molar-refractivity contribution is -0.144. The van der Waals surface area contributed by atoms with Gasteiger partial charge in [-0.2, -0.15) is 0 Å². The molecule has 0 aliphatic carbocycles. The van der Waals surface area contributed by atoms with Crippen molar-refractivity contribution in [3.63, 3.8) is 0 Å². The lowest BCUT2D eigenvalue weighted by Crippen LogP contribution is -2.51. The Balaban J connectivity index is 1.34. The number of rotatable bonds is 7. The fourth-order valence-corrected chi connectivity index (χ4v) is 4.30. The molecule has 0 radical (unpaired) electrons. The van der Waals surface area contributed by atoms with Crippen LogP contribution in [0.2, 0.25) is 0 Å². The summed E-state index contributed by atoms with van der Waals surface area (Å²) < 4.78 is 19.0. The number of halogens is 1. The van der Waals surface area contributed by atoms with Crippen LogP contribution in [-0.2, 0) is 14.3 Å². The Kier molecular flexibility index (Phi) is 6.31. The lowest BCUT2D eigenvalue weighted by Gasteiger charge is -2.37. The Labute approximate surface area is 174 Å². The van der Waals surface area contributed by atoms with Gasteiger partial charge in [-0.15, -0.1) is 0 Å². The van der Waals surface area contributed by atoms with E-state index in [0.717, 1.165) is 19.4 Å². The highest BCUT2D eigenvalue weighted by atomic mass is 19.1. The molecule has 2 atom stereocenters. The molecule has 162 valence electrons. The van der Waals surface area contributed by atoms with Gasteiger partial charge in [0.1, 0.15) is 11.9 Å². The molecule has 1 aromatic carbocycles. The van der Waals surface area contributed by atoms with Gasteiger partial charge in [0.25, 0.3) is 0 Å². The normalized spacial score (nSPS) is 21.7. The van der Waals surface area contributed by atoms with Crippen LogP contribution in [0.5, 0.6) is 0 Å². The number of carboxylic acids is 1. The standard InChI is InChI=1S/C21H27FN4O4/c22-14-3-4-16-17(12-23-18(16)10-14)20(21(28)29)26-7-5-25(6-8-26)13-19(27)24-11-15-2-1-9-30-15/h3-4,10,12,15,20,23H,1-2,5-9,11,13H2,(H,24,27)(H,28,29)/t15-,20+/m1/s1. The first kappa shape index (κ1) is 20.8. The number of carboxylic acid groups (broad SMARTS) is 1. The van der Waals surface area contributed by atoms with Crippen molar-refractivity contribution in [2.24, 2.45) is 0 Å². The summed E-state index contributed by atoms with van der Waals surface area (Å²) in [5, 5.41) is 13.5. The van der Waals surface area contributed by atoms with Gasteiger partial charge in [-0.05, 0) is 31.0 Å². The molecular weight excluding hydrogens is 391 g/mol. The van der Waals surface area contributed by atoms with Gasteiger partial charge in [-0.25, -0.2) is 4.39 Å². The van der Waals surface area contributed by atoms with Crippen LogP contribution in [0.1, 0.15) is 24.4 Å². The number of carbonyl (C=O) groups excluding carboxylic acids is 1. The van der Waals surface area contributed by atoms with Crippen molar-refractivity contribution in [1.82, 2.24) is 20.1 Å². The second kappa shape index (κ2) is 9.11. The molecule has 4 rings (SSSR count). The molecule has 2 aliphatic rings. The van der Waals surface area contributed by atoms with Gasteiger partial charge in [0.2, 0.25) is 5.91 Å². The molecule has 2 fully saturated rings. The zero-order chi connectivity index (χ0) is 21.1. The minimum Gasteiger partial charge on any atom is -0.480 e. The predicted molar refractivity (Wildman–Crippen MR) is 109 cm³/mol. The van der Waals surface area contributed by atoms with Crippen molar-refractivity contribution in [3.05, 3.63) is 35.8 Å². The summed E-state index contributed by atoms with van der Waals surface area (Å²) in [5.74, 6) is -1.34. The number of amides is 1. The molecule has 3 heterocycles. The third-order valence-electron chi connectivity index (χ3n) is 5.89. The number of aliphatic carboxylic acids is 1. The number of carbonyl (C=O) groups is 2. The van der Waals surface area contributed by atoms with Gasteiger partial charge in [0.15, 0.2) is 0 Å². The number of piperazine rings is 1. The molecule has 0 unspecified atom stereocenters. The van der Waals surface area contributed by atoms with E-state index in [0.29, 0.717) is 55.7 Å². The summed E-state index contributed by atoms with van der Waals surface area (Å²) in [6.45, 7) is 3.88. The van der Waals surface area contributed by atoms with Gasteiger partial charge in [-0.1, -0.05) is 0 Å². The Hall–Kier alpha value is -2.49. The quantitative estimate of drug-likeness (QED) is 0.628. The third kappa shape index (κ3) is 4.63. The molecule has 2 aromatic rings. The number of H-pyrrole nitrogens is 1. The lowest BCUT2D eigenvalue weighted by atomic mass is 10.0. The van der Waals surface area contributed by atoms with Crippen LogP contribution < -0.4 is 5.32 Å². The maximum absolute atomic E-state index is 13.5. The molecule has 3 N–H and O–H groups in total. The highest BCUT2D eigenvalue weighted by Gasteiger charge is 2.32. The van der Waals surface area contributed by atoms with Gasteiger partial charge >= 0.3 is 5.97 Å².